The fourth-order valence-corrected chi connectivity index (χ4v) is 2.13. The van der Waals surface area contributed by atoms with E-state index < -0.39 is 0 Å². The topological polar surface area (TPSA) is 0 Å². The summed E-state index contributed by atoms with van der Waals surface area (Å²) in [5, 5.41) is 0. The Morgan fingerprint density at radius 2 is 1.81 bits per heavy atom. The van der Waals surface area contributed by atoms with E-state index >= 15 is 0 Å². The van der Waals surface area contributed by atoms with Gasteiger partial charge < -0.3 is 0 Å². The van der Waals surface area contributed by atoms with Crippen LogP contribution in [-0.2, 0) is 6.42 Å². The van der Waals surface area contributed by atoms with Gasteiger partial charge in [-0.25, -0.2) is 0 Å². The molecule has 1 aliphatic rings. The lowest BCUT2D eigenvalue weighted by Gasteiger charge is -2.27. The van der Waals surface area contributed by atoms with Crippen LogP contribution in [0.5, 0.6) is 0 Å². The Morgan fingerprint density at radius 1 is 1.19 bits per heavy atom. The van der Waals surface area contributed by atoms with Gasteiger partial charge in [0.2, 0.25) is 0 Å². The molecule has 0 amide bonds. The minimum atomic E-state index is 0.792. The Hall–Kier alpha value is -1.30. The first-order valence-corrected chi connectivity index (χ1v) is 6.09. The maximum absolute atomic E-state index is 4.21. The second-order valence-corrected chi connectivity index (χ2v) is 4.94. The van der Waals surface area contributed by atoms with E-state index in [2.05, 4.69) is 37.4 Å². The molecule has 1 fully saturated rings. The van der Waals surface area contributed by atoms with E-state index in [9.17, 15) is 0 Å². The maximum atomic E-state index is 4.21. The van der Waals surface area contributed by atoms with Gasteiger partial charge in [0.1, 0.15) is 0 Å². The van der Waals surface area contributed by atoms with Crippen molar-refractivity contribution in [3.8, 4) is 0 Å². The second-order valence-electron chi connectivity index (χ2n) is 4.94. The fraction of sp³-hybridized carbons (Fsp3) is 0.375. The number of benzene rings is 1. The van der Waals surface area contributed by atoms with Crippen molar-refractivity contribution in [2.45, 2.75) is 32.6 Å². The zero-order valence-corrected chi connectivity index (χ0v) is 10.1. The van der Waals surface area contributed by atoms with Gasteiger partial charge in [-0.1, -0.05) is 55.0 Å². The van der Waals surface area contributed by atoms with Crippen LogP contribution in [0.3, 0.4) is 0 Å². The highest BCUT2D eigenvalue weighted by Crippen LogP contribution is 2.33. The summed E-state index contributed by atoms with van der Waals surface area (Å²) in [6, 6.07) is 8.72. The first-order chi connectivity index (χ1) is 7.66. The zero-order chi connectivity index (χ0) is 11.5. The van der Waals surface area contributed by atoms with Crippen molar-refractivity contribution in [2.24, 2.45) is 5.92 Å². The highest BCUT2D eigenvalue weighted by Gasteiger charge is 2.20. The Balaban J connectivity index is 1.99. The average Bonchev–Trinajstić information content (AvgIpc) is 2.15. The maximum Gasteiger partial charge on any atom is -0.00670 e. The van der Waals surface area contributed by atoms with Crippen LogP contribution in [0.4, 0.5) is 0 Å². The van der Waals surface area contributed by atoms with Gasteiger partial charge in [0.15, 0.2) is 0 Å². The predicted molar refractivity (Wildman–Crippen MR) is 71.3 cm³/mol. The molecule has 16 heavy (non-hydrogen) atoms. The Labute approximate surface area is 98.7 Å². The van der Waals surface area contributed by atoms with Gasteiger partial charge in [-0.15, -0.1) is 0 Å². The molecule has 0 aliphatic heterocycles. The lowest BCUT2D eigenvalue weighted by Crippen LogP contribution is -2.14. The van der Waals surface area contributed by atoms with Crippen molar-refractivity contribution >= 4 is 5.57 Å². The van der Waals surface area contributed by atoms with Crippen LogP contribution < -0.4 is 0 Å². The molecule has 0 spiro atoms. The molecular formula is C16H20. The summed E-state index contributed by atoms with van der Waals surface area (Å²) < 4.78 is 0. The highest BCUT2D eigenvalue weighted by molar-refractivity contribution is 5.61. The minimum absolute atomic E-state index is 0.792. The van der Waals surface area contributed by atoms with Crippen molar-refractivity contribution in [1.82, 2.24) is 0 Å². The molecule has 0 nitrogen and oxygen atoms in total. The molecule has 0 atom stereocenters. The van der Waals surface area contributed by atoms with Crippen LogP contribution >= 0.6 is 0 Å². The van der Waals surface area contributed by atoms with Crippen LogP contribution in [0.15, 0.2) is 43.0 Å². The molecule has 1 saturated carbocycles. The number of hydrogen-bond donors (Lipinski definition) is 0. The van der Waals surface area contributed by atoms with E-state index in [4.69, 9.17) is 0 Å². The first-order valence-electron chi connectivity index (χ1n) is 6.09. The van der Waals surface area contributed by atoms with Crippen LogP contribution in [-0.4, -0.2) is 0 Å². The molecule has 0 heteroatoms. The molecule has 1 aliphatic carbocycles. The van der Waals surface area contributed by atoms with Crippen molar-refractivity contribution in [3.05, 3.63) is 54.1 Å². The third kappa shape index (κ3) is 2.44. The largest absolute Gasteiger partial charge is 0.0992 e. The van der Waals surface area contributed by atoms with Crippen molar-refractivity contribution in [2.75, 3.05) is 0 Å². The van der Waals surface area contributed by atoms with Crippen LogP contribution in [0.2, 0.25) is 0 Å². The Kier molecular flexibility index (Phi) is 3.28. The standard InChI is InChI=1S/C16H20/c1-12(2)15-9-7-14(8-10-15)11-13(3)16-5-4-6-16/h7-10,16H,1,3-6,11H2,2H3. The van der Waals surface area contributed by atoms with Gasteiger partial charge in [-0.2, -0.15) is 0 Å². The van der Waals surface area contributed by atoms with Gasteiger partial charge in [0.25, 0.3) is 0 Å². The van der Waals surface area contributed by atoms with Crippen molar-refractivity contribution in [3.63, 3.8) is 0 Å². The van der Waals surface area contributed by atoms with Gasteiger partial charge in [0, 0.05) is 0 Å². The first kappa shape index (κ1) is 11.2. The summed E-state index contributed by atoms with van der Waals surface area (Å²) in [6.07, 6.45) is 5.13. The van der Waals surface area contributed by atoms with E-state index in [1.807, 2.05) is 6.92 Å². The van der Waals surface area contributed by atoms with E-state index in [0.29, 0.717) is 0 Å². The summed E-state index contributed by atoms with van der Waals surface area (Å²) in [4.78, 5) is 0. The smallest absolute Gasteiger partial charge is 0.00670 e. The van der Waals surface area contributed by atoms with E-state index in [-0.39, 0.29) is 0 Å². The lowest BCUT2D eigenvalue weighted by molar-refractivity contribution is 0.363. The molecule has 0 saturated heterocycles. The van der Waals surface area contributed by atoms with Crippen LogP contribution in [0.25, 0.3) is 5.57 Å². The summed E-state index contributed by atoms with van der Waals surface area (Å²) in [5.74, 6) is 0.792. The van der Waals surface area contributed by atoms with E-state index in [0.717, 1.165) is 17.9 Å². The summed E-state index contributed by atoms with van der Waals surface area (Å²) in [5.41, 5.74) is 5.15. The average molecular weight is 212 g/mol. The highest BCUT2D eigenvalue weighted by atomic mass is 14.2. The summed E-state index contributed by atoms with van der Waals surface area (Å²) in [7, 11) is 0. The molecule has 0 aromatic heterocycles. The molecule has 1 aromatic rings. The number of hydrogen-bond acceptors (Lipinski definition) is 0. The zero-order valence-electron chi connectivity index (χ0n) is 10.1. The summed E-state index contributed by atoms with van der Waals surface area (Å²) >= 11 is 0. The quantitative estimate of drug-likeness (QED) is 0.639. The molecule has 0 heterocycles. The summed E-state index contributed by atoms with van der Waals surface area (Å²) in [6.45, 7) is 10.2. The SMILES string of the molecule is C=C(C)c1ccc(CC(=C)C2CCC2)cc1. The van der Waals surface area contributed by atoms with Gasteiger partial charge >= 0.3 is 0 Å². The normalized spacial score (nSPS) is 15.6. The number of allylic oxidation sites excluding steroid dienone is 2. The third-order valence-electron chi connectivity index (χ3n) is 3.56. The lowest BCUT2D eigenvalue weighted by atomic mass is 9.78. The van der Waals surface area contributed by atoms with Crippen molar-refractivity contribution < 1.29 is 0 Å². The molecule has 0 unspecified atom stereocenters. The Morgan fingerprint density at radius 3 is 2.25 bits per heavy atom. The number of rotatable bonds is 4. The second kappa shape index (κ2) is 4.69. The third-order valence-corrected chi connectivity index (χ3v) is 3.56. The fourth-order valence-electron chi connectivity index (χ4n) is 2.13. The van der Waals surface area contributed by atoms with Crippen molar-refractivity contribution in [1.29, 1.82) is 0 Å². The van der Waals surface area contributed by atoms with Crippen LogP contribution in [0, 0.1) is 5.92 Å². The molecule has 0 bridgehead atoms. The molecular weight excluding hydrogens is 192 g/mol. The van der Waals surface area contributed by atoms with E-state index in [1.54, 1.807) is 0 Å². The molecule has 0 N–H and O–H groups in total. The van der Waals surface area contributed by atoms with Gasteiger partial charge in [0.05, 0.1) is 0 Å². The molecule has 2 rings (SSSR count). The Bertz CT molecular complexity index is 391. The molecule has 84 valence electrons. The predicted octanol–water partition coefficient (Wildman–Crippen LogP) is 4.62. The molecule has 1 aromatic carbocycles. The van der Waals surface area contributed by atoms with E-state index in [1.165, 1.54) is 36.0 Å². The van der Waals surface area contributed by atoms with Crippen LogP contribution in [0.1, 0.15) is 37.3 Å². The monoisotopic (exact) mass is 212 g/mol. The molecule has 0 radical (unpaired) electrons. The minimum Gasteiger partial charge on any atom is -0.0992 e. The van der Waals surface area contributed by atoms with Gasteiger partial charge in [-0.05, 0) is 43.2 Å². The van der Waals surface area contributed by atoms with Gasteiger partial charge in [-0.3, -0.25) is 0 Å².